The summed E-state index contributed by atoms with van der Waals surface area (Å²) in [5, 5.41) is 4.17. The third kappa shape index (κ3) is 5.30. The summed E-state index contributed by atoms with van der Waals surface area (Å²) in [6, 6.07) is 18.3. The maximum atomic E-state index is 12.7. The fourth-order valence-corrected chi connectivity index (χ4v) is 4.77. The van der Waals surface area contributed by atoms with Gasteiger partial charge < -0.3 is 9.42 Å². The Labute approximate surface area is 181 Å². The molecule has 1 aliphatic heterocycles. The molecule has 6 heteroatoms. The van der Waals surface area contributed by atoms with Crippen molar-refractivity contribution in [1.82, 2.24) is 15.0 Å². The monoisotopic (exact) mass is 421 g/mol. The van der Waals surface area contributed by atoms with E-state index >= 15 is 0 Å². The van der Waals surface area contributed by atoms with Gasteiger partial charge in [-0.2, -0.15) is 4.98 Å². The van der Waals surface area contributed by atoms with E-state index in [0.717, 1.165) is 49.2 Å². The molecule has 0 aliphatic carbocycles. The van der Waals surface area contributed by atoms with Gasteiger partial charge in [0.2, 0.25) is 17.6 Å². The molecule has 3 aromatic rings. The van der Waals surface area contributed by atoms with Gasteiger partial charge in [0, 0.05) is 42.1 Å². The van der Waals surface area contributed by atoms with Crippen LogP contribution >= 0.6 is 11.8 Å². The normalized spacial score (nSPS) is 16.6. The lowest BCUT2D eigenvalue weighted by molar-refractivity contribution is -0.132. The van der Waals surface area contributed by atoms with Gasteiger partial charge in [0.05, 0.1) is 0 Å². The van der Waals surface area contributed by atoms with Crippen molar-refractivity contribution >= 4 is 17.7 Å². The van der Waals surface area contributed by atoms with Gasteiger partial charge in [0.1, 0.15) is 0 Å². The van der Waals surface area contributed by atoms with Gasteiger partial charge in [-0.15, -0.1) is 11.8 Å². The number of benzene rings is 2. The molecule has 156 valence electrons. The number of likely N-dealkylation sites (tertiary alicyclic amines) is 1. The van der Waals surface area contributed by atoms with E-state index in [9.17, 15) is 4.79 Å². The molecule has 1 aliphatic rings. The number of amides is 1. The van der Waals surface area contributed by atoms with Crippen molar-refractivity contribution in [3.63, 3.8) is 0 Å². The van der Waals surface area contributed by atoms with Gasteiger partial charge in [-0.25, -0.2) is 0 Å². The summed E-state index contributed by atoms with van der Waals surface area (Å²) < 4.78 is 5.52. The molecule has 2 heterocycles. The van der Waals surface area contributed by atoms with Gasteiger partial charge in [0.25, 0.3) is 0 Å². The molecule has 0 bridgehead atoms. The lowest BCUT2D eigenvalue weighted by Gasteiger charge is -2.32. The molecular weight excluding hydrogens is 394 g/mol. The molecule has 1 amide bonds. The molecule has 0 N–H and O–H groups in total. The molecule has 1 saturated heterocycles. The van der Waals surface area contributed by atoms with Crippen molar-refractivity contribution in [2.45, 2.75) is 37.5 Å². The molecule has 1 atom stereocenters. The molecule has 0 radical (unpaired) electrons. The summed E-state index contributed by atoms with van der Waals surface area (Å²) in [6.45, 7) is 3.67. The highest BCUT2D eigenvalue weighted by molar-refractivity contribution is 7.99. The number of aryl methyl sites for hydroxylation is 1. The number of nitrogens with zero attached hydrogens (tertiary/aromatic N) is 3. The third-order valence-electron chi connectivity index (χ3n) is 5.52. The minimum atomic E-state index is 0.245. The number of piperidine rings is 1. The van der Waals surface area contributed by atoms with Crippen LogP contribution in [0.25, 0.3) is 11.4 Å². The van der Waals surface area contributed by atoms with Gasteiger partial charge >= 0.3 is 0 Å². The molecule has 2 aromatic carbocycles. The predicted octanol–water partition coefficient (Wildman–Crippen LogP) is 5.01. The number of hydrogen-bond acceptors (Lipinski definition) is 5. The quantitative estimate of drug-likeness (QED) is 0.502. The molecule has 4 rings (SSSR count). The highest BCUT2D eigenvalue weighted by Gasteiger charge is 2.25. The number of carbonyl (C=O) groups is 1. The third-order valence-corrected chi connectivity index (χ3v) is 6.53. The van der Waals surface area contributed by atoms with Crippen LogP contribution in [0, 0.1) is 12.8 Å². The molecule has 0 spiro atoms. The Morgan fingerprint density at radius 1 is 1.17 bits per heavy atom. The van der Waals surface area contributed by atoms with Crippen molar-refractivity contribution in [1.29, 1.82) is 0 Å². The second-order valence-electron chi connectivity index (χ2n) is 7.79. The van der Waals surface area contributed by atoms with Crippen LogP contribution in [0.4, 0.5) is 0 Å². The summed E-state index contributed by atoms with van der Waals surface area (Å²) in [4.78, 5) is 20.5. The SMILES string of the molecule is Cc1ccccc1-c1noc(CC2CCCN(C(=O)CCSc3ccccc3)C2)n1. The molecule has 1 fully saturated rings. The van der Waals surface area contributed by atoms with Gasteiger partial charge in [-0.05, 0) is 43.4 Å². The van der Waals surface area contributed by atoms with Crippen molar-refractivity contribution in [3.05, 3.63) is 66.1 Å². The van der Waals surface area contributed by atoms with Crippen LogP contribution in [-0.2, 0) is 11.2 Å². The van der Waals surface area contributed by atoms with Crippen LogP contribution in [-0.4, -0.2) is 39.8 Å². The van der Waals surface area contributed by atoms with E-state index in [1.54, 1.807) is 11.8 Å². The van der Waals surface area contributed by atoms with Crippen LogP contribution < -0.4 is 0 Å². The Kier molecular flexibility index (Phi) is 6.84. The second-order valence-corrected chi connectivity index (χ2v) is 8.96. The highest BCUT2D eigenvalue weighted by Crippen LogP contribution is 2.25. The van der Waals surface area contributed by atoms with Crippen LogP contribution in [0.15, 0.2) is 64.0 Å². The van der Waals surface area contributed by atoms with Crippen molar-refractivity contribution < 1.29 is 9.32 Å². The number of aromatic nitrogens is 2. The van der Waals surface area contributed by atoms with Crippen LogP contribution in [0.1, 0.15) is 30.7 Å². The fourth-order valence-electron chi connectivity index (χ4n) is 3.91. The zero-order chi connectivity index (χ0) is 20.8. The minimum absolute atomic E-state index is 0.245. The Morgan fingerprint density at radius 3 is 2.80 bits per heavy atom. The molecule has 5 nitrogen and oxygen atoms in total. The summed E-state index contributed by atoms with van der Waals surface area (Å²) in [7, 11) is 0. The largest absolute Gasteiger partial charge is 0.342 e. The molecule has 1 aromatic heterocycles. The van der Waals surface area contributed by atoms with E-state index in [-0.39, 0.29) is 5.91 Å². The maximum absolute atomic E-state index is 12.7. The Bertz CT molecular complexity index is 973. The molecule has 1 unspecified atom stereocenters. The first kappa shape index (κ1) is 20.7. The van der Waals surface area contributed by atoms with Crippen LogP contribution in [0.5, 0.6) is 0 Å². The topological polar surface area (TPSA) is 59.2 Å². The Balaban J connectivity index is 1.29. The summed E-state index contributed by atoms with van der Waals surface area (Å²) >= 11 is 1.74. The Morgan fingerprint density at radius 2 is 1.97 bits per heavy atom. The number of thioether (sulfide) groups is 1. The van der Waals surface area contributed by atoms with E-state index in [2.05, 4.69) is 22.3 Å². The van der Waals surface area contributed by atoms with Crippen molar-refractivity contribution in [2.24, 2.45) is 5.92 Å². The molecule has 30 heavy (non-hydrogen) atoms. The first-order valence-corrected chi connectivity index (χ1v) is 11.5. The van der Waals surface area contributed by atoms with E-state index in [4.69, 9.17) is 4.52 Å². The van der Waals surface area contributed by atoms with Gasteiger partial charge in [-0.1, -0.05) is 47.6 Å². The fraction of sp³-hybridized carbons (Fsp3) is 0.375. The lowest BCUT2D eigenvalue weighted by Crippen LogP contribution is -2.40. The first-order chi connectivity index (χ1) is 14.7. The number of hydrogen-bond donors (Lipinski definition) is 0. The Hall–Kier alpha value is -2.60. The number of rotatable bonds is 7. The molecule has 0 saturated carbocycles. The standard InChI is InChI=1S/C24H27N3O2S/c1-18-8-5-6-12-21(18)24-25-22(29-26-24)16-19-9-7-14-27(17-19)23(28)13-15-30-20-10-3-2-4-11-20/h2-6,8,10-12,19H,7,9,13-17H2,1H3. The van der Waals surface area contributed by atoms with E-state index in [1.807, 2.05) is 54.3 Å². The van der Waals surface area contributed by atoms with Gasteiger partial charge in [0.15, 0.2) is 0 Å². The molecular formula is C24H27N3O2S. The summed E-state index contributed by atoms with van der Waals surface area (Å²) in [5.41, 5.74) is 2.14. The van der Waals surface area contributed by atoms with E-state index in [0.29, 0.717) is 24.1 Å². The predicted molar refractivity (Wildman–Crippen MR) is 119 cm³/mol. The van der Waals surface area contributed by atoms with Crippen LogP contribution in [0.2, 0.25) is 0 Å². The first-order valence-electron chi connectivity index (χ1n) is 10.5. The lowest BCUT2D eigenvalue weighted by atomic mass is 9.94. The van der Waals surface area contributed by atoms with Crippen LogP contribution in [0.3, 0.4) is 0 Å². The van der Waals surface area contributed by atoms with E-state index < -0.39 is 0 Å². The maximum Gasteiger partial charge on any atom is 0.227 e. The van der Waals surface area contributed by atoms with Crippen molar-refractivity contribution in [3.8, 4) is 11.4 Å². The van der Waals surface area contributed by atoms with E-state index in [1.165, 1.54) is 4.90 Å². The zero-order valence-electron chi connectivity index (χ0n) is 17.3. The van der Waals surface area contributed by atoms with Gasteiger partial charge in [-0.3, -0.25) is 4.79 Å². The second kappa shape index (κ2) is 9.94. The smallest absolute Gasteiger partial charge is 0.227 e. The average Bonchev–Trinajstić information content (AvgIpc) is 3.23. The average molecular weight is 422 g/mol. The minimum Gasteiger partial charge on any atom is -0.342 e. The van der Waals surface area contributed by atoms with Crippen molar-refractivity contribution in [2.75, 3.05) is 18.8 Å². The summed E-state index contributed by atoms with van der Waals surface area (Å²) in [6.07, 6.45) is 3.41. The zero-order valence-corrected chi connectivity index (χ0v) is 18.1. The summed E-state index contributed by atoms with van der Waals surface area (Å²) in [5.74, 6) is 2.73. The number of carbonyl (C=O) groups excluding carboxylic acids is 1. The highest BCUT2D eigenvalue weighted by atomic mass is 32.2.